The van der Waals surface area contributed by atoms with Crippen molar-refractivity contribution in [1.82, 2.24) is 10.2 Å². The monoisotopic (exact) mass is 286 g/mol. The van der Waals surface area contributed by atoms with Crippen LogP contribution in [-0.2, 0) is 14.3 Å². The number of nitrogens with zero attached hydrogens (tertiary/aromatic N) is 1. The molecule has 2 unspecified atom stereocenters. The van der Waals surface area contributed by atoms with Crippen molar-refractivity contribution >= 4 is 5.97 Å². The Labute approximate surface area is 123 Å². The SMILES string of the molecule is CCCNC(C)(CN1CCCC(COC)C1)C(=O)OC. The minimum absolute atomic E-state index is 0.181. The molecule has 1 aliphatic heterocycles. The summed E-state index contributed by atoms with van der Waals surface area (Å²) in [6, 6.07) is 0. The molecule has 0 bridgehead atoms. The molecular weight excluding hydrogens is 256 g/mol. The summed E-state index contributed by atoms with van der Waals surface area (Å²) in [7, 11) is 3.21. The Kier molecular flexibility index (Phi) is 7.48. The lowest BCUT2D eigenvalue weighted by Crippen LogP contribution is -2.58. The van der Waals surface area contributed by atoms with E-state index in [-0.39, 0.29) is 5.97 Å². The van der Waals surface area contributed by atoms with E-state index in [0.717, 1.165) is 32.7 Å². The van der Waals surface area contributed by atoms with E-state index in [1.54, 1.807) is 7.11 Å². The molecule has 1 rings (SSSR count). The number of rotatable bonds is 8. The van der Waals surface area contributed by atoms with Crippen molar-refractivity contribution in [1.29, 1.82) is 0 Å². The molecule has 2 atom stereocenters. The lowest BCUT2D eigenvalue weighted by Gasteiger charge is -2.38. The molecule has 0 aliphatic carbocycles. The summed E-state index contributed by atoms with van der Waals surface area (Å²) in [6.45, 7) is 8.39. The lowest BCUT2D eigenvalue weighted by atomic mass is 9.95. The zero-order valence-electron chi connectivity index (χ0n) is 13.4. The summed E-state index contributed by atoms with van der Waals surface area (Å²) in [6.07, 6.45) is 3.37. The molecule has 0 radical (unpaired) electrons. The molecule has 1 fully saturated rings. The van der Waals surface area contributed by atoms with Crippen molar-refractivity contribution in [3.63, 3.8) is 0 Å². The van der Waals surface area contributed by atoms with E-state index < -0.39 is 5.54 Å². The van der Waals surface area contributed by atoms with E-state index in [2.05, 4.69) is 17.1 Å². The topological polar surface area (TPSA) is 50.8 Å². The van der Waals surface area contributed by atoms with Gasteiger partial charge in [0.05, 0.1) is 13.7 Å². The molecule has 5 nitrogen and oxygen atoms in total. The quantitative estimate of drug-likeness (QED) is 0.681. The number of hydrogen-bond donors (Lipinski definition) is 1. The molecule has 0 aromatic heterocycles. The molecule has 1 heterocycles. The molecular formula is C15H30N2O3. The summed E-state index contributed by atoms with van der Waals surface area (Å²) < 4.78 is 10.2. The van der Waals surface area contributed by atoms with Gasteiger partial charge in [0.1, 0.15) is 5.54 Å². The van der Waals surface area contributed by atoms with Crippen LogP contribution in [0.1, 0.15) is 33.1 Å². The molecule has 0 aromatic carbocycles. The summed E-state index contributed by atoms with van der Waals surface area (Å²) in [4.78, 5) is 14.4. The minimum Gasteiger partial charge on any atom is -0.468 e. The average Bonchev–Trinajstić information content (AvgIpc) is 2.45. The number of piperidine rings is 1. The first-order valence-corrected chi connectivity index (χ1v) is 7.60. The van der Waals surface area contributed by atoms with Gasteiger partial charge in [0.2, 0.25) is 0 Å². The van der Waals surface area contributed by atoms with Crippen molar-refractivity contribution in [2.75, 3.05) is 47.0 Å². The molecule has 1 N–H and O–H groups in total. The Bertz CT molecular complexity index is 297. The van der Waals surface area contributed by atoms with Crippen molar-refractivity contribution in [2.24, 2.45) is 5.92 Å². The Morgan fingerprint density at radius 3 is 2.80 bits per heavy atom. The number of carbonyl (C=O) groups excluding carboxylic acids is 1. The van der Waals surface area contributed by atoms with Crippen LogP contribution < -0.4 is 5.32 Å². The zero-order valence-corrected chi connectivity index (χ0v) is 13.4. The van der Waals surface area contributed by atoms with Crippen LogP contribution in [0.5, 0.6) is 0 Å². The standard InChI is InChI=1S/C15H30N2O3/c1-5-8-16-15(2,14(18)20-4)12-17-9-6-7-13(10-17)11-19-3/h13,16H,5-12H2,1-4H3. The third-order valence-electron chi connectivity index (χ3n) is 3.95. The second kappa shape index (κ2) is 8.60. The van der Waals surface area contributed by atoms with Crippen molar-refractivity contribution in [3.8, 4) is 0 Å². The molecule has 0 saturated carbocycles. The summed E-state index contributed by atoms with van der Waals surface area (Å²) >= 11 is 0. The molecule has 0 aromatic rings. The molecule has 20 heavy (non-hydrogen) atoms. The van der Waals surface area contributed by atoms with Gasteiger partial charge in [-0.3, -0.25) is 4.79 Å². The van der Waals surface area contributed by atoms with Crippen LogP contribution in [0.3, 0.4) is 0 Å². The van der Waals surface area contributed by atoms with Crippen molar-refractivity contribution in [3.05, 3.63) is 0 Å². The summed E-state index contributed by atoms with van der Waals surface area (Å²) in [5.41, 5.74) is -0.625. The van der Waals surface area contributed by atoms with E-state index in [1.807, 2.05) is 6.92 Å². The van der Waals surface area contributed by atoms with Crippen LogP contribution in [-0.4, -0.2) is 63.4 Å². The third kappa shape index (κ3) is 5.04. The first-order chi connectivity index (χ1) is 9.55. The molecule has 5 heteroatoms. The fourth-order valence-electron chi connectivity index (χ4n) is 2.93. The predicted molar refractivity (Wildman–Crippen MR) is 79.8 cm³/mol. The Morgan fingerprint density at radius 2 is 2.20 bits per heavy atom. The number of hydrogen-bond acceptors (Lipinski definition) is 5. The number of ether oxygens (including phenoxy) is 2. The molecule has 1 aliphatic rings. The Balaban J connectivity index is 2.61. The molecule has 1 saturated heterocycles. The third-order valence-corrected chi connectivity index (χ3v) is 3.95. The Morgan fingerprint density at radius 1 is 1.45 bits per heavy atom. The van der Waals surface area contributed by atoms with Gasteiger partial charge in [-0.05, 0) is 45.2 Å². The number of likely N-dealkylation sites (tertiary alicyclic amines) is 1. The molecule has 0 spiro atoms. The van der Waals surface area contributed by atoms with Crippen LogP contribution >= 0.6 is 0 Å². The van der Waals surface area contributed by atoms with Gasteiger partial charge in [-0.2, -0.15) is 0 Å². The van der Waals surface area contributed by atoms with E-state index in [1.165, 1.54) is 20.0 Å². The highest BCUT2D eigenvalue weighted by Crippen LogP contribution is 2.19. The molecule has 0 amide bonds. The first kappa shape index (κ1) is 17.4. The van der Waals surface area contributed by atoms with Gasteiger partial charge in [-0.1, -0.05) is 6.92 Å². The van der Waals surface area contributed by atoms with Crippen molar-refractivity contribution < 1.29 is 14.3 Å². The highest BCUT2D eigenvalue weighted by molar-refractivity contribution is 5.80. The smallest absolute Gasteiger partial charge is 0.327 e. The first-order valence-electron chi connectivity index (χ1n) is 7.60. The van der Waals surface area contributed by atoms with E-state index in [9.17, 15) is 4.79 Å². The largest absolute Gasteiger partial charge is 0.468 e. The van der Waals surface area contributed by atoms with Gasteiger partial charge < -0.3 is 19.7 Å². The van der Waals surface area contributed by atoms with Crippen LogP contribution in [0.4, 0.5) is 0 Å². The fourth-order valence-corrected chi connectivity index (χ4v) is 2.93. The van der Waals surface area contributed by atoms with E-state index >= 15 is 0 Å². The van der Waals surface area contributed by atoms with Crippen molar-refractivity contribution in [2.45, 2.75) is 38.6 Å². The normalized spacial score (nSPS) is 23.3. The maximum atomic E-state index is 12.1. The van der Waals surface area contributed by atoms with E-state index in [4.69, 9.17) is 9.47 Å². The van der Waals surface area contributed by atoms with E-state index in [0.29, 0.717) is 12.5 Å². The van der Waals surface area contributed by atoms with Gasteiger partial charge in [-0.15, -0.1) is 0 Å². The maximum absolute atomic E-state index is 12.1. The number of methoxy groups -OCH3 is 2. The summed E-state index contributed by atoms with van der Waals surface area (Å²) in [5.74, 6) is 0.390. The predicted octanol–water partition coefficient (Wildman–Crippen LogP) is 1.28. The highest BCUT2D eigenvalue weighted by atomic mass is 16.5. The van der Waals surface area contributed by atoms with Gasteiger partial charge in [-0.25, -0.2) is 0 Å². The van der Waals surface area contributed by atoms with Crippen LogP contribution in [0.25, 0.3) is 0 Å². The minimum atomic E-state index is -0.625. The zero-order chi connectivity index (χ0) is 15.0. The second-order valence-corrected chi connectivity index (χ2v) is 5.95. The van der Waals surface area contributed by atoms with Gasteiger partial charge >= 0.3 is 5.97 Å². The van der Waals surface area contributed by atoms with Gasteiger partial charge in [0.15, 0.2) is 0 Å². The second-order valence-electron chi connectivity index (χ2n) is 5.95. The highest BCUT2D eigenvalue weighted by Gasteiger charge is 2.36. The Hall–Kier alpha value is -0.650. The molecule has 118 valence electrons. The number of nitrogens with one attached hydrogen (secondary N) is 1. The van der Waals surface area contributed by atoms with Gasteiger partial charge in [0.25, 0.3) is 0 Å². The fraction of sp³-hybridized carbons (Fsp3) is 0.933. The van der Waals surface area contributed by atoms with Crippen LogP contribution in [0, 0.1) is 5.92 Å². The van der Waals surface area contributed by atoms with Gasteiger partial charge in [0, 0.05) is 20.2 Å². The average molecular weight is 286 g/mol. The number of esters is 1. The maximum Gasteiger partial charge on any atom is 0.327 e. The summed E-state index contributed by atoms with van der Waals surface area (Å²) in [5, 5.41) is 3.34. The lowest BCUT2D eigenvalue weighted by molar-refractivity contribution is -0.149. The number of carbonyl (C=O) groups is 1. The van der Waals surface area contributed by atoms with Crippen LogP contribution in [0.2, 0.25) is 0 Å². The van der Waals surface area contributed by atoms with Crippen LogP contribution in [0.15, 0.2) is 0 Å².